The summed E-state index contributed by atoms with van der Waals surface area (Å²) in [6.45, 7) is 0. The lowest BCUT2D eigenvalue weighted by molar-refractivity contribution is -0.116. The van der Waals surface area contributed by atoms with Crippen molar-refractivity contribution in [1.29, 1.82) is 0 Å². The molecule has 1 amide bonds. The fourth-order valence-electron chi connectivity index (χ4n) is 1.72. The minimum Gasteiger partial charge on any atom is -0.361 e. The Morgan fingerprint density at radius 2 is 2.22 bits per heavy atom. The van der Waals surface area contributed by atoms with Gasteiger partial charge in [-0.1, -0.05) is 30.0 Å². The molecule has 3 rings (SSSR count). The first-order chi connectivity index (χ1) is 8.83. The Morgan fingerprint density at radius 1 is 1.33 bits per heavy atom. The van der Waals surface area contributed by atoms with Crippen molar-refractivity contribution < 1.29 is 4.79 Å². The van der Waals surface area contributed by atoms with Crippen molar-refractivity contribution in [1.82, 2.24) is 10.3 Å². The number of H-pyrrole nitrogens is 1. The first kappa shape index (κ1) is 11.0. The van der Waals surface area contributed by atoms with Gasteiger partial charge in [-0.05, 0) is 6.07 Å². The molecule has 1 aliphatic rings. The molecule has 0 saturated carbocycles. The van der Waals surface area contributed by atoms with Crippen LogP contribution in [0.3, 0.4) is 0 Å². The predicted molar refractivity (Wildman–Crippen MR) is 73.9 cm³/mol. The number of aromatic amines is 1. The number of nitrogens with zero attached hydrogens (tertiary/aromatic N) is 2. The average Bonchev–Trinajstić information content (AvgIpc) is 2.97. The van der Waals surface area contributed by atoms with Gasteiger partial charge in [0.05, 0.1) is 12.0 Å². The summed E-state index contributed by atoms with van der Waals surface area (Å²) in [4.78, 5) is 14.1. The topological polar surface area (TPSA) is 69.6 Å². The van der Waals surface area contributed by atoms with E-state index in [-0.39, 0.29) is 5.91 Å². The smallest absolute Gasteiger partial charge is 0.236 e. The van der Waals surface area contributed by atoms with Crippen LogP contribution in [-0.2, 0) is 4.79 Å². The fourth-order valence-corrected chi connectivity index (χ4v) is 2.35. The van der Waals surface area contributed by atoms with Crippen molar-refractivity contribution in [2.75, 3.05) is 5.75 Å². The Balaban J connectivity index is 1.82. The van der Waals surface area contributed by atoms with Crippen LogP contribution in [0.15, 0.2) is 40.7 Å². The molecule has 1 saturated heterocycles. The van der Waals surface area contributed by atoms with Gasteiger partial charge < -0.3 is 10.3 Å². The molecule has 1 aromatic carbocycles. The summed E-state index contributed by atoms with van der Waals surface area (Å²) in [6.07, 6.45) is 3.56. The molecule has 0 spiro atoms. The van der Waals surface area contributed by atoms with E-state index in [4.69, 9.17) is 0 Å². The van der Waals surface area contributed by atoms with Crippen LogP contribution in [0.1, 0.15) is 5.56 Å². The molecule has 0 bridgehead atoms. The maximum Gasteiger partial charge on any atom is 0.236 e. The van der Waals surface area contributed by atoms with Crippen molar-refractivity contribution in [2.24, 2.45) is 10.2 Å². The van der Waals surface area contributed by atoms with Gasteiger partial charge in [-0.15, -0.1) is 5.10 Å². The van der Waals surface area contributed by atoms with E-state index >= 15 is 0 Å². The zero-order valence-electron chi connectivity index (χ0n) is 9.38. The highest BCUT2D eigenvalue weighted by atomic mass is 32.2. The number of nitrogens with one attached hydrogen (secondary N) is 2. The number of hydrogen-bond acceptors (Lipinski definition) is 4. The molecule has 0 radical (unpaired) electrons. The fraction of sp³-hybridized carbons (Fsp3) is 0.0833. The first-order valence-electron chi connectivity index (χ1n) is 5.43. The third kappa shape index (κ3) is 2.14. The van der Waals surface area contributed by atoms with Gasteiger partial charge in [0.25, 0.3) is 0 Å². The third-order valence-corrected chi connectivity index (χ3v) is 3.42. The van der Waals surface area contributed by atoms with Crippen LogP contribution in [0.25, 0.3) is 10.9 Å². The number of amides is 1. The molecule has 2 heterocycles. The molecule has 0 unspecified atom stereocenters. The number of fused-ring (bicyclic) bond motifs is 1. The second-order valence-electron chi connectivity index (χ2n) is 3.78. The number of hydrogen-bond donors (Lipinski definition) is 2. The summed E-state index contributed by atoms with van der Waals surface area (Å²) in [5, 5.41) is 12.2. The van der Waals surface area contributed by atoms with Gasteiger partial charge >= 0.3 is 0 Å². The average molecular weight is 258 g/mol. The molecular formula is C12H10N4OS. The summed E-state index contributed by atoms with van der Waals surface area (Å²) in [5.41, 5.74) is 2.04. The minimum absolute atomic E-state index is 0.0268. The van der Waals surface area contributed by atoms with Gasteiger partial charge in [-0.2, -0.15) is 5.10 Å². The Labute approximate surface area is 107 Å². The highest BCUT2D eigenvalue weighted by molar-refractivity contribution is 8.15. The Bertz CT molecular complexity index is 659. The molecule has 2 aromatic rings. The third-order valence-electron chi connectivity index (χ3n) is 2.55. The van der Waals surface area contributed by atoms with E-state index in [9.17, 15) is 4.79 Å². The standard InChI is InChI=1S/C12H10N4OS/c17-11-7-18-12(15-11)16-14-6-8-5-13-10-4-2-1-3-9(8)10/h1-6,13H,7H2,(H,15,16,17)/b14-6+. The molecule has 0 aliphatic carbocycles. The second-order valence-corrected chi connectivity index (χ2v) is 4.74. The lowest BCUT2D eigenvalue weighted by Gasteiger charge is -1.90. The molecule has 90 valence electrons. The van der Waals surface area contributed by atoms with E-state index in [1.807, 2.05) is 30.5 Å². The quantitative estimate of drug-likeness (QED) is 0.636. The maximum absolute atomic E-state index is 11.0. The number of aromatic nitrogens is 1. The molecule has 1 fully saturated rings. The summed E-state index contributed by atoms with van der Waals surface area (Å²) < 4.78 is 0. The van der Waals surface area contributed by atoms with Crippen LogP contribution in [0.5, 0.6) is 0 Å². The lowest BCUT2D eigenvalue weighted by Crippen LogP contribution is -2.19. The number of rotatable bonds is 2. The number of carbonyl (C=O) groups excluding carboxylic acids is 1. The number of amidine groups is 1. The predicted octanol–water partition coefficient (Wildman–Crippen LogP) is 1.72. The summed E-state index contributed by atoms with van der Waals surface area (Å²) in [5.74, 6) is 0.391. The van der Waals surface area contributed by atoms with Crippen LogP contribution in [-0.4, -0.2) is 28.0 Å². The molecule has 1 aromatic heterocycles. The molecule has 6 heteroatoms. The van der Waals surface area contributed by atoms with Gasteiger partial charge in [0.15, 0.2) is 5.17 Å². The van der Waals surface area contributed by atoms with E-state index in [1.54, 1.807) is 6.21 Å². The highest BCUT2D eigenvalue weighted by Gasteiger charge is 2.15. The highest BCUT2D eigenvalue weighted by Crippen LogP contribution is 2.16. The zero-order chi connectivity index (χ0) is 12.4. The van der Waals surface area contributed by atoms with Crippen molar-refractivity contribution in [3.63, 3.8) is 0 Å². The number of carbonyl (C=O) groups is 1. The van der Waals surface area contributed by atoms with Crippen molar-refractivity contribution in [3.8, 4) is 0 Å². The maximum atomic E-state index is 11.0. The van der Waals surface area contributed by atoms with Crippen LogP contribution in [0.2, 0.25) is 0 Å². The molecular weight excluding hydrogens is 248 g/mol. The minimum atomic E-state index is -0.0268. The van der Waals surface area contributed by atoms with Crippen molar-refractivity contribution in [3.05, 3.63) is 36.0 Å². The van der Waals surface area contributed by atoms with Gasteiger partial charge in [0, 0.05) is 22.7 Å². The van der Waals surface area contributed by atoms with Gasteiger partial charge in [-0.25, -0.2) is 0 Å². The summed E-state index contributed by atoms with van der Waals surface area (Å²) >= 11 is 1.36. The van der Waals surface area contributed by atoms with Gasteiger partial charge in [0.2, 0.25) is 5.91 Å². The van der Waals surface area contributed by atoms with E-state index < -0.39 is 0 Å². The summed E-state index contributed by atoms with van der Waals surface area (Å²) in [7, 11) is 0. The van der Waals surface area contributed by atoms with Crippen LogP contribution >= 0.6 is 11.8 Å². The van der Waals surface area contributed by atoms with Gasteiger partial charge in [-0.3, -0.25) is 4.79 Å². The lowest BCUT2D eigenvalue weighted by atomic mass is 10.2. The van der Waals surface area contributed by atoms with Crippen LogP contribution in [0.4, 0.5) is 0 Å². The van der Waals surface area contributed by atoms with E-state index in [0.29, 0.717) is 10.9 Å². The normalized spacial score (nSPS) is 18.0. The summed E-state index contributed by atoms with van der Waals surface area (Å²) in [6, 6.07) is 7.98. The van der Waals surface area contributed by atoms with Crippen molar-refractivity contribution >= 4 is 40.0 Å². The zero-order valence-corrected chi connectivity index (χ0v) is 10.2. The van der Waals surface area contributed by atoms with Crippen molar-refractivity contribution in [2.45, 2.75) is 0 Å². The number of thioether (sulfide) groups is 1. The molecule has 2 N–H and O–H groups in total. The molecule has 0 atom stereocenters. The second kappa shape index (κ2) is 4.66. The number of para-hydroxylation sites is 1. The number of benzene rings is 1. The van der Waals surface area contributed by atoms with E-state index in [0.717, 1.165) is 16.5 Å². The Morgan fingerprint density at radius 3 is 3.06 bits per heavy atom. The van der Waals surface area contributed by atoms with E-state index in [1.165, 1.54) is 11.8 Å². The van der Waals surface area contributed by atoms with Crippen LogP contribution < -0.4 is 5.32 Å². The molecule has 5 nitrogen and oxygen atoms in total. The molecule has 1 aliphatic heterocycles. The van der Waals surface area contributed by atoms with Crippen LogP contribution in [0, 0.1) is 0 Å². The van der Waals surface area contributed by atoms with Gasteiger partial charge in [0.1, 0.15) is 0 Å². The monoisotopic (exact) mass is 258 g/mol. The largest absolute Gasteiger partial charge is 0.361 e. The SMILES string of the molecule is O=C1CS/C(=N/N=C/c2c[nH]c3ccccc23)N1. The first-order valence-corrected chi connectivity index (χ1v) is 6.41. The Kier molecular flexibility index (Phi) is 2.85. The molecule has 18 heavy (non-hydrogen) atoms. The Hall–Kier alpha value is -2.08. The van der Waals surface area contributed by atoms with E-state index in [2.05, 4.69) is 20.5 Å².